The number of benzene rings is 1. The predicted molar refractivity (Wildman–Crippen MR) is 71.9 cm³/mol. The van der Waals surface area contributed by atoms with E-state index in [1.165, 1.54) is 6.92 Å². The molecule has 0 aliphatic heterocycles. The SMILES string of the molecule is CCOc1ccc(Oc2cc(C(C)=O)ccn2)cc1. The number of ketones is 1. The number of hydrogen-bond donors (Lipinski definition) is 0. The third-order valence-corrected chi connectivity index (χ3v) is 2.50. The molecular formula is C15H15NO3. The fourth-order valence-corrected chi connectivity index (χ4v) is 1.58. The number of hydrogen-bond acceptors (Lipinski definition) is 4. The largest absolute Gasteiger partial charge is 0.494 e. The molecule has 1 aromatic carbocycles. The van der Waals surface area contributed by atoms with E-state index in [1.807, 2.05) is 19.1 Å². The molecule has 4 nitrogen and oxygen atoms in total. The Hall–Kier alpha value is -2.36. The van der Waals surface area contributed by atoms with E-state index in [1.54, 1.807) is 30.5 Å². The third-order valence-electron chi connectivity index (χ3n) is 2.50. The summed E-state index contributed by atoms with van der Waals surface area (Å²) in [6.45, 7) is 4.07. The molecule has 98 valence electrons. The summed E-state index contributed by atoms with van der Waals surface area (Å²) < 4.78 is 10.9. The Morgan fingerprint density at radius 3 is 2.47 bits per heavy atom. The van der Waals surface area contributed by atoms with Crippen molar-refractivity contribution < 1.29 is 14.3 Å². The Morgan fingerprint density at radius 1 is 1.16 bits per heavy atom. The van der Waals surface area contributed by atoms with Gasteiger partial charge in [0, 0.05) is 17.8 Å². The molecule has 0 amide bonds. The topological polar surface area (TPSA) is 48.4 Å². The van der Waals surface area contributed by atoms with Crippen molar-refractivity contribution in [1.29, 1.82) is 0 Å². The Balaban J connectivity index is 2.12. The average Bonchev–Trinajstić information content (AvgIpc) is 2.42. The van der Waals surface area contributed by atoms with Crippen molar-refractivity contribution in [2.24, 2.45) is 0 Å². The van der Waals surface area contributed by atoms with Crippen molar-refractivity contribution >= 4 is 5.78 Å². The van der Waals surface area contributed by atoms with Gasteiger partial charge in [-0.1, -0.05) is 0 Å². The number of pyridine rings is 1. The van der Waals surface area contributed by atoms with E-state index in [4.69, 9.17) is 9.47 Å². The van der Waals surface area contributed by atoms with Crippen molar-refractivity contribution in [3.05, 3.63) is 48.2 Å². The van der Waals surface area contributed by atoms with E-state index in [0.717, 1.165) is 5.75 Å². The predicted octanol–water partition coefficient (Wildman–Crippen LogP) is 3.48. The highest BCUT2D eigenvalue weighted by atomic mass is 16.5. The van der Waals surface area contributed by atoms with E-state index in [2.05, 4.69) is 4.98 Å². The first-order valence-corrected chi connectivity index (χ1v) is 6.06. The van der Waals surface area contributed by atoms with Crippen LogP contribution in [0.2, 0.25) is 0 Å². The molecule has 0 unspecified atom stereocenters. The number of aromatic nitrogens is 1. The zero-order valence-corrected chi connectivity index (χ0v) is 10.9. The lowest BCUT2D eigenvalue weighted by Gasteiger charge is -2.07. The van der Waals surface area contributed by atoms with Crippen LogP contribution in [0, 0.1) is 0 Å². The highest BCUT2D eigenvalue weighted by Gasteiger charge is 2.04. The van der Waals surface area contributed by atoms with Gasteiger partial charge in [-0.3, -0.25) is 4.79 Å². The summed E-state index contributed by atoms with van der Waals surface area (Å²) in [5, 5.41) is 0. The highest BCUT2D eigenvalue weighted by Crippen LogP contribution is 2.23. The summed E-state index contributed by atoms with van der Waals surface area (Å²) in [5.74, 6) is 1.83. The lowest BCUT2D eigenvalue weighted by molar-refractivity contribution is 0.101. The minimum atomic E-state index is -0.0149. The van der Waals surface area contributed by atoms with Gasteiger partial charge in [-0.05, 0) is 44.2 Å². The van der Waals surface area contributed by atoms with Gasteiger partial charge in [0.15, 0.2) is 5.78 Å². The summed E-state index contributed by atoms with van der Waals surface area (Å²) in [6.07, 6.45) is 1.56. The van der Waals surface area contributed by atoms with Crippen LogP contribution in [-0.4, -0.2) is 17.4 Å². The zero-order valence-electron chi connectivity index (χ0n) is 10.9. The highest BCUT2D eigenvalue weighted by molar-refractivity contribution is 5.94. The maximum atomic E-state index is 11.3. The van der Waals surface area contributed by atoms with Gasteiger partial charge in [0.2, 0.25) is 5.88 Å². The number of rotatable bonds is 5. The summed E-state index contributed by atoms with van der Waals surface area (Å²) in [5.41, 5.74) is 0.580. The van der Waals surface area contributed by atoms with Crippen LogP contribution in [0.1, 0.15) is 24.2 Å². The van der Waals surface area contributed by atoms with Gasteiger partial charge < -0.3 is 9.47 Å². The molecule has 0 spiro atoms. The van der Waals surface area contributed by atoms with Crippen LogP contribution in [0.3, 0.4) is 0 Å². The third kappa shape index (κ3) is 3.55. The maximum Gasteiger partial charge on any atom is 0.219 e. The molecule has 0 N–H and O–H groups in total. The van der Waals surface area contributed by atoms with Gasteiger partial charge in [0.1, 0.15) is 11.5 Å². The molecule has 1 aromatic heterocycles. The monoisotopic (exact) mass is 257 g/mol. The zero-order chi connectivity index (χ0) is 13.7. The second kappa shape index (κ2) is 6.00. The molecule has 0 aliphatic rings. The van der Waals surface area contributed by atoms with E-state index < -0.39 is 0 Å². The van der Waals surface area contributed by atoms with E-state index in [9.17, 15) is 4.79 Å². The fourth-order valence-electron chi connectivity index (χ4n) is 1.58. The van der Waals surface area contributed by atoms with E-state index in [-0.39, 0.29) is 5.78 Å². The van der Waals surface area contributed by atoms with Gasteiger partial charge in [0.25, 0.3) is 0 Å². The number of carbonyl (C=O) groups excluding carboxylic acids is 1. The van der Waals surface area contributed by atoms with Crippen LogP contribution in [0.5, 0.6) is 17.4 Å². The normalized spacial score (nSPS) is 10.0. The van der Waals surface area contributed by atoms with Crippen LogP contribution in [0.15, 0.2) is 42.6 Å². The van der Waals surface area contributed by atoms with Crippen LogP contribution < -0.4 is 9.47 Å². The summed E-state index contributed by atoms with van der Waals surface area (Å²) in [7, 11) is 0. The summed E-state index contributed by atoms with van der Waals surface area (Å²) in [6, 6.07) is 10.5. The van der Waals surface area contributed by atoms with Gasteiger partial charge in [-0.25, -0.2) is 4.98 Å². The molecule has 0 radical (unpaired) electrons. The standard InChI is InChI=1S/C15H15NO3/c1-3-18-13-4-6-14(7-5-13)19-15-10-12(11(2)17)8-9-16-15/h4-10H,3H2,1-2H3. The number of carbonyl (C=O) groups is 1. The Labute approximate surface area is 112 Å². The van der Waals surface area contributed by atoms with Crippen LogP contribution >= 0.6 is 0 Å². The first kappa shape index (κ1) is 13.1. The smallest absolute Gasteiger partial charge is 0.219 e. The van der Waals surface area contributed by atoms with Crippen molar-refractivity contribution in [3.8, 4) is 17.4 Å². The first-order valence-electron chi connectivity index (χ1n) is 6.06. The van der Waals surface area contributed by atoms with E-state index >= 15 is 0 Å². The van der Waals surface area contributed by atoms with Gasteiger partial charge in [-0.15, -0.1) is 0 Å². The van der Waals surface area contributed by atoms with Crippen molar-refractivity contribution in [2.45, 2.75) is 13.8 Å². The summed E-state index contributed by atoms with van der Waals surface area (Å²) >= 11 is 0. The lowest BCUT2D eigenvalue weighted by Crippen LogP contribution is -1.95. The molecular weight excluding hydrogens is 242 g/mol. The molecule has 0 saturated carbocycles. The van der Waals surface area contributed by atoms with Crippen molar-refractivity contribution in [1.82, 2.24) is 4.98 Å². The molecule has 0 fully saturated rings. The van der Waals surface area contributed by atoms with E-state index in [0.29, 0.717) is 23.8 Å². The lowest BCUT2D eigenvalue weighted by atomic mass is 10.2. The maximum absolute atomic E-state index is 11.3. The van der Waals surface area contributed by atoms with Gasteiger partial charge in [0.05, 0.1) is 6.61 Å². The van der Waals surface area contributed by atoms with Gasteiger partial charge in [-0.2, -0.15) is 0 Å². The molecule has 0 atom stereocenters. The molecule has 19 heavy (non-hydrogen) atoms. The molecule has 1 heterocycles. The average molecular weight is 257 g/mol. The number of nitrogens with zero attached hydrogens (tertiary/aromatic N) is 1. The minimum Gasteiger partial charge on any atom is -0.494 e. The van der Waals surface area contributed by atoms with Crippen molar-refractivity contribution in [2.75, 3.05) is 6.61 Å². The molecule has 0 aliphatic carbocycles. The molecule has 4 heteroatoms. The molecule has 2 rings (SSSR count). The second-order valence-electron chi connectivity index (χ2n) is 3.95. The minimum absolute atomic E-state index is 0.0149. The number of Topliss-reactive ketones (excluding diaryl/α,β-unsaturated/α-hetero) is 1. The first-order chi connectivity index (χ1) is 9.19. The molecule has 2 aromatic rings. The quantitative estimate of drug-likeness (QED) is 0.769. The number of ether oxygens (including phenoxy) is 2. The van der Waals surface area contributed by atoms with Crippen molar-refractivity contribution in [3.63, 3.8) is 0 Å². The Kier molecular flexibility index (Phi) is 4.13. The molecule has 0 saturated heterocycles. The molecule has 0 bridgehead atoms. The second-order valence-corrected chi connectivity index (χ2v) is 3.95. The Morgan fingerprint density at radius 2 is 1.84 bits per heavy atom. The fraction of sp³-hybridized carbons (Fsp3) is 0.200. The van der Waals surface area contributed by atoms with Crippen LogP contribution in [-0.2, 0) is 0 Å². The summed E-state index contributed by atoms with van der Waals surface area (Å²) in [4.78, 5) is 15.3. The van der Waals surface area contributed by atoms with Gasteiger partial charge >= 0.3 is 0 Å². The van der Waals surface area contributed by atoms with Crippen LogP contribution in [0.25, 0.3) is 0 Å². The van der Waals surface area contributed by atoms with Crippen LogP contribution in [0.4, 0.5) is 0 Å². The Bertz CT molecular complexity index is 564.